The van der Waals surface area contributed by atoms with Crippen LogP contribution in [0.15, 0.2) is 47.7 Å². The Labute approximate surface area is 184 Å². The normalized spacial score (nSPS) is 13.5. The van der Waals surface area contributed by atoms with E-state index in [4.69, 9.17) is 4.74 Å². The van der Waals surface area contributed by atoms with Gasteiger partial charge in [-0.15, -0.1) is 0 Å². The lowest BCUT2D eigenvalue weighted by Crippen LogP contribution is -2.29. The number of fused-ring (bicyclic) bond motifs is 3. The second-order valence-electron chi connectivity index (χ2n) is 7.07. The lowest BCUT2D eigenvalue weighted by molar-refractivity contribution is -0.196. The van der Waals surface area contributed by atoms with Crippen LogP contribution in [0.4, 0.5) is 13.2 Å². The van der Waals surface area contributed by atoms with Crippen LogP contribution in [-0.4, -0.2) is 52.1 Å². The highest BCUT2D eigenvalue weighted by Gasteiger charge is 2.44. The second kappa shape index (κ2) is 8.12. The van der Waals surface area contributed by atoms with Crippen molar-refractivity contribution in [1.82, 2.24) is 24.1 Å². The molecule has 0 N–H and O–H groups in total. The van der Waals surface area contributed by atoms with Gasteiger partial charge in [-0.05, 0) is 23.8 Å². The first-order valence-corrected chi connectivity index (χ1v) is 11.1. The van der Waals surface area contributed by atoms with Gasteiger partial charge in [0, 0.05) is 11.8 Å². The molecule has 0 saturated carbocycles. The molecule has 3 heterocycles. The van der Waals surface area contributed by atoms with Gasteiger partial charge >= 0.3 is 11.9 Å². The number of pyridine rings is 1. The summed E-state index contributed by atoms with van der Waals surface area (Å²) in [5.41, 5.74) is -0.472. The molecule has 0 radical (unpaired) electrons. The number of halogens is 3. The van der Waals surface area contributed by atoms with Crippen molar-refractivity contribution in [2.45, 2.75) is 18.8 Å². The molecular weight excluding hydrogens is 467 g/mol. The molecule has 10 nitrogen and oxygen atoms in total. The monoisotopic (exact) mass is 483 g/mol. The Kier molecular flexibility index (Phi) is 5.57. The van der Waals surface area contributed by atoms with E-state index in [0.717, 1.165) is 23.1 Å². The Bertz CT molecular complexity index is 1500. The van der Waals surface area contributed by atoms with Gasteiger partial charge in [0.15, 0.2) is 11.8 Å². The highest BCUT2D eigenvalue weighted by atomic mass is 32.2. The van der Waals surface area contributed by atoms with E-state index in [1.165, 1.54) is 11.7 Å². The molecule has 0 aliphatic carbocycles. The fourth-order valence-corrected chi connectivity index (χ4v) is 3.87. The molecule has 4 aromatic rings. The molecule has 1 unspecified atom stereocenters. The molecule has 3 aromatic heterocycles. The van der Waals surface area contributed by atoms with Gasteiger partial charge in [0.2, 0.25) is 0 Å². The highest BCUT2D eigenvalue weighted by Crippen LogP contribution is 2.37. The molecule has 1 aromatic carbocycles. The molecule has 33 heavy (non-hydrogen) atoms. The van der Waals surface area contributed by atoms with Crippen LogP contribution in [0.3, 0.4) is 0 Å². The lowest BCUT2D eigenvalue weighted by Gasteiger charge is -2.20. The third-order valence-electron chi connectivity index (χ3n) is 4.72. The molecule has 4 rings (SSSR count). The Hall–Kier alpha value is -3.52. The van der Waals surface area contributed by atoms with E-state index in [-0.39, 0.29) is 23.2 Å². The van der Waals surface area contributed by atoms with Crippen LogP contribution in [0.2, 0.25) is 0 Å². The van der Waals surface area contributed by atoms with Crippen LogP contribution in [-0.2, 0) is 20.8 Å². The first-order valence-electron chi connectivity index (χ1n) is 9.28. The molecule has 0 saturated heterocycles. The summed E-state index contributed by atoms with van der Waals surface area (Å²) >= 11 is 0. The van der Waals surface area contributed by atoms with Crippen LogP contribution in [0.1, 0.15) is 17.2 Å². The molecule has 14 heteroatoms. The van der Waals surface area contributed by atoms with Crippen molar-refractivity contribution in [3.05, 3.63) is 64.5 Å². The summed E-state index contributed by atoms with van der Waals surface area (Å²) in [6.07, 6.45) is -5.41. The average Bonchev–Trinajstić information content (AvgIpc) is 3.24. The van der Waals surface area contributed by atoms with E-state index in [9.17, 15) is 26.4 Å². The predicted octanol–water partition coefficient (Wildman–Crippen LogP) is 2.08. The molecule has 1 atom stereocenters. The number of benzene rings is 1. The summed E-state index contributed by atoms with van der Waals surface area (Å²) in [7, 11) is -2.94. The minimum atomic E-state index is -5.04. The molecule has 174 valence electrons. The number of alkyl halides is 3. The third kappa shape index (κ3) is 4.52. The van der Waals surface area contributed by atoms with Gasteiger partial charge in [-0.3, -0.25) is 8.75 Å². The number of methoxy groups -OCH3 is 1. The summed E-state index contributed by atoms with van der Waals surface area (Å²) in [6, 6.07) is 7.87. The molecule has 0 aliphatic heterocycles. The largest absolute Gasteiger partial charge is 0.497 e. The summed E-state index contributed by atoms with van der Waals surface area (Å²) in [4.78, 5) is 21.0. The molecular formula is C19H16F3N5O5S. The zero-order chi connectivity index (χ0) is 24.0. The number of aromatic nitrogens is 5. The maximum Gasteiger partial charge on any atom is 0.420 e. The number of rotatable bonds is 6. The quantitative estimate of drug-likeness (QED) is 0.383. The van der Waals surface area contributed by atoms with E-state index >= 15 is 0 Å². The van der Waals surface area contributed by atoms with Gasteiger partial charge in [0.05, 0.1) is 25.3 Å². The van der Waals surface area contributed by atoms with E-state index in [1.807, 2.05) is 0 Å². The summed E-state index contributed by atoms with van der Waals surface area (Å²) in [6.45, 7) is 0.0318. The van der Waals surface area contributed by atoms with Crippen molar-refractivity contribution in [3.8, 4) is 5.75 Å². The smallest absolute Gasteiger partial charge is 0.420 e. The van der Waals surface area contributed by atoms with Gasteiger partial charge in [-0.25, -0.2) is 14.8 Å². The van der Waals surface area contributed by atoms with Crippen molar-refractivity contribution in [1.29, 1.82) is 0 Å². The van der Waals surface area contributed by atoms with Crippen LogP contribution >= 0.6 is 0 Å². The Morgan fingerprint density at radius 3 is 2.42 bits per heavy atom. The summed E-state index contributed by atoms with van der Waals surface area (Å²) in [5.74, 6) is 0.606. The highest BCUT2D eigenvalue weighted by molar-refractivity contribution is 7.86. The Balaban J connectivity index is 1.91. The Morgan fingerprint density at radius 2 is 1.82 bits per heavy atom. The fourth-order valence-electron chi connectivity index (χ4n) is 3.30. The van der Waals surface area contributed by atoms with E-state index in [2.05, 4.69) is 19.2 Å². The zero-order valence-electron chi connectivity index (χ0n) is 17.1. The van der Waals surface area contributed by atoms with Gasteiger partial charge in [-0.1, -0.05) is 12.1 Å². The number of hydrogen-bond donors (Lipinski definition) is 0. The third-order valence-corrected chi connectivity index (χ3v) is 5.26. The number of hydrogen-bond acceptors (Lipinski definition) is 8. The van der Waals surface area contributed by atoms with E-state index in [0.29, 0.717) is 17.6 Å². The molecule has 0 spiro atoms. The topological polar surface area (TPSA) is 118 Å². The van der Waals surface area contributed by atoms with Gasteiger partial charge in [-0.2, -0.15) is 31.2 Å². The van der Waals surface area contributed by atoms with Crippen LogP contribution in [0.25, 0.3) is 16.7 Å². The zero-order valence-corrected chi connectivity index (χ0v) is 18.0. The minimum Gasteiger partial charge on any atom is -0.497 e. The van der Waals surface area contributed by atoms with Crippen molar-refractivity contribution < 1.29 is 30.5 Å². The van der Waals surface area contributed by atoms with Crippen molar-refractivity contribution >= 4 is 26.8 Å². The first kappa shape index (κ1) is 22.7. The first-order chi connectivity index (χ1) is 15.5. The number of nitrogens with zero attached hydrogens (tertiary/aromatic N) is 5. The summed E-state index contributed by atoms with van der Waals surface area (Å²) in [5, 5.41) is 3.92. The molecule has 0 fully saturated rings. The maximum atomic E-state index is 13.6. The maximum absolute atomic E-state index is 13.6. The summed E-state index contributed by atoms with van der Waals surface area (Å²) < 4.78 is 75.1. The van der Waals surface area contributed by atoms with Crippen LogP contribution < -0.4 is 10.4 Å². The fraction of sp³-hybridized carbons (Fsp3) is 0.263. The lowest BCUT2D eigenvalue weighted by atomic mass is 10.1. The van der Waals surface area contributed by atoms with Gasteiger partial charge in [0.25, 0.3) is 10.1 Å². The van der Waals surface area contributed by atoms with Gasteiger partial charge < -0.3 is 4.74 Å². The van der Waals surface area contributed by atoms with Crippen molar-refractivity contribution in [3.63, 3.8) is 0 Å². The standard InChI is InChI=1S/C19H16F3N5O5S/c1-31-13-5-3-11(4-6-13)9-26-16-14(17-24-10-25-27(17)18(26)28)7-12(8-23-16)15(19(20,21)22)32-33(2,29)30/h3-8,10,15H,9H2,1-2H3. The predicted molar refractivity (Wildman–Crippen MR) is 109 cm³/mol. The Morgan fingerprint density at radius 1 is 1.12 bits per heavy atom. The number of ether oxygens (including phenoxy) is 1. The van der Waals surface area contributed by atoms with E-state index in [1.54, 1.807) is 24.3 Å². The molecule has 0 amide bonds. The van der Waals surface area contributed by atoms with E-state index < -0.39 is 33.7 Å². The average molecular weight is 483 g/mol. The van der Waals surface area contributed by atoms with Crippen molar-refractivity contribution in [2.75, 3.05) is 13.4 Å². The van der Waals surface area contributed by atoms with Crippen molar-refractivity contribution in [2.24, 2.45) is 0 Å². The SMILES string of the molecule is COc1ccc(Cn2c(=O)n3ncnc3c3cc(C(OS(C)(=O)=O)C(F)(F)F)cnc32)cc1. The van der Waals surface area contributed by atoms with Gasteiger partial charge in [0.1, 0.15) is 17.7 Å². The second-order valence-corrected chi connectivity index (χ2v) is 8.67. The van der Waals surface area contributed by atoms with Crippen LogP contribution in [0, 0.1) is 0 Å². The minimum absolute atomic E-state index is 0.0318. The van der Waals surface area contributed by atoms with Crippen LogP contribution in [0.5, 0.6) is 5.75 Å². The molecule has 0 bridgehead atoms. The molecule has 0 aliphatic rings.